The molecule has 2 amide bonds. The average molecular weight is 782 g/mol. The van der Waals surface area contributed by atoms with Crippen LogP contribution in [0.25, 0.3) is 11.2 Å². The number of anilines is 1. The monoisotopic (exact) mass is 781 g/mol. The van der Waals surface area contributed by atoms with Crippen molar-refractivity contribution in [3.05, 3.63) is 12.7 Å². The number of carbonyl (C=O) groups excluding carboxylic acids is 2. The number of unbranched alkanes of at least 4 members (excludes halogenated alkanes) is 1. The van der Waals surface area contributed by atoms with Crippen molar-refractivity contribution in [3.63, 3.8) is 0 Å². The number of nitrogen functional groups attached to an aromatic ring is 1. The van der Waals surface area contributed by atoms with E-state index in [9.17, 15) is 34.6 Å². The second-order valence-corrected chi connectivity index (χ2v) is 13.4. The molecule has 2 aromatic heterocycles. The van der Waals surface area contributed by atoms with Crippen LogP contribution in [0.3, 0.4) is 0 Å². The Balaban J connectivity index is 1.09. The number of hydrogen-bond donors (Lipinski definition) is 9. The molecule has 23 nitrogen and oxygen atoms in total. The maximum Gasteiger partial charge on any atom is 0.469 e. The summed E-state index contributed by atoms with van der Waals surface area (Å²) in [5.41, 5.74) is 6.63. The van der Waals surface area contributed by atoms with Gasteiger partial charge in [0.05, 0.1) is 45.9 Å². The van der Waals surface area contributed by atoms with Gasteiger partial charge in [-0.15, -0.1) is 0 Å². The first-order valence-electron chi connectivity index (χ1n) is 16.8. The van der Waals surface area contributed by atoms with E-state index in [4.69, 9.17) is 43.9 Å². The van der Waals surface area contributed by atoms with Gasteiger partial charge in [-0.05, 0) is 12.8 Å². The minimum absolute atomic E-state index is 0.0854. The zero-order valence-corrected chi connectivity index (χ0v) is 29.8. The van der Waals surface area contributed by atoms with E-state index >= 15 is 0 Å². The number of carbonyl (C=O) groups is 2. The molecule has 0 spiro atoms. The summed E-state index contributed by atoms with van der Waals surface area (Å²) in [7, 11) is -4.83. The molecule has 53 heavy (non-hydrogen) atoms. The molecule has 0 aliphatic carbocycles. The first-order valence-corrected chi connectivity index (χ1v) is 18.3. The molecular weight excluding hydrogens is 733 g/mol. The fourth-order valence-corrected chi connectivity index (χ4v) is 6.00. The number of phosphoric acid groups is 1. The number of nitrogens with two attached hydrogens (primary N) is 1. The lowest BCUT2D eigenvalue weighted by Crippen LogP contribution is -2.64. The summed E-state index contributed by atoms with van der Waals surface area (Å²) in [6.45, 7) is 0.758. The highest BCUT2D eigenvalue weighted by molar-refractivity contribution is 7.46. The van der Waals surface area contributed by atoms with Crippen LogP contribution in [0.15, 0.2) is 12.7 Å². The van der Waals surface area contributed by atoms with Crippen molar-refractivity contribution in [2.75, 3.05) is 58.7 Å². The van der Waals surface area contributed by atoms with Gasteiger partial charge >= 0.3 is 7.82 Å². The van der Waals surface area contributed by atoms with Crippen molar-refractivity contribution >= 4 is 36.6 Å². The van der Waals surface area contributed by atoms with Gasteiger partial charge in [0, 0.05) is 26.5 Å². The predicted molar refractivity (Wildman–Crippen MR) is 177 cm³/mol. The third kappa shape index (κ3) is 12.8. The lowest BCUT2D eigenvalue weighted by Gasteiger charge is -2.42. The zero-order valence-electron chi connectivity index (χ0n) is 28.9. The molecule has 0 saturated carbocycles. The van der Waals surface area contributed by atoms with Crippen molar-refractivity contribution in [3.8, 4) is 0 Å². The molecule has 1 unspecified atom stereocenters. The third-order valence-electron chi connectivity index (χ3n) is 8.26. The Morgan fingerprint density at radius 1 is 0.962 bits per heavy atom. The lowest BCUT2D eigenvalue weighted by molar-refractivity contribution is -0.270. The van der Waals surface area contributed by atoms with Gasteiger partial charge in [0.15, 0.2) is 17.8 Å². The molecule has 2 aliphatic heterocycles. The van der Waals surface area contributed by atoms with Crippen molar-refractivity contribution in [2.45, 2.75) is 87.8 Å². The molecule has 9 atom stereocenters. The van der Waals surface area contributed by atoms with E-state index in [-0.39, 0.29) is 64.5 Å². The van der Waals surface area contributed by atoms with Gasteiger partial charge in [-0.3, -0.25) is 14.1 Å². The van der Waals surface area contributed by atoms with E-state index in [0.29, 0.717) is 24.0 Å². The van der Waals surface area contributed by atoms with Gasteiger partial charge in [0.2, 0.25) is 11.8 Å². The summed E-state index contributed by atoms with van der Waals surface area (Å²) in [6.07, 6.45) is -5.40. The Hall–Kier alpha value is -3.00. The van der Waals surface area contributed by atoms with Crippen LogP contribution in [0.1, 0.15) is 26.2 Å². The average Bonchev–Trinajstić information content (AvgIpc) is 3.65. The van der Waals surface area contributed by atoms with Gasteiger partial charge in [0.25, 0.3) is 0 Å². The second-order valence-electron chi connectivity index (χ2n) is 12.2. The number of nitrogens with one attached hydrogen (secondary N) is 2. The lowest BCUT2D eigenvalue weighted by atomic mass is 9.97. The van der Waals surface area contributed by atoms with Crippen molar-refractivity contribution < 1.29 is 77.3 Å². The van der Waals surface area contributed by atoms with Crippen LogP contribution < -0.4 is 16.4 Å². The van der Waals surface area contributed by atoms with Crippen molar-refractivity contribution in [1.29, 1.82) is 0 Å². The minimum Gasteiger partial charge on any atom is -0.394 e. The number of nitrogens with zero attached hydrogens (tertiary/aromatic N) is 4. The minimum atomic E-state index is -4.83. The van der Waals surface area contributed by atoms with E-state index in [0.717, 1.165) is 0 Å². The molecule has 24 heteroatoms. The van der Waals surface area contributed by atoms with Crippen LogP contribution >= 0.6 is 7.82 Å². The Kier molecular flexibility index (Phi) is 16.6. The van der Waals surface area contributed by atoms with Crippen LogP contribution in [-0.4, -0.2) is 170 Å². The summed E-state index contributed by atoms with van der Waals surface area (Å²) in [5, 5.41) is 45.8. The van der Waals surface area contributed by atoms with Gasteiger partial charge in [-0.2, -0.15) is 0 Å². The summed E-state index contributed by atoms with van der Waals surface area (Å²) in [4.78, 5) is 54.2. The van der Waals surface area contributed by atoms with Gasteiger partial charge in [-0.1, -0.05) is 0 Å². The number of ether oxygens (including phenoxy) is 6. The van der Waals surface area contributed by atoms with Crippen molar-refractivity contribution in [1.82, 2.24) is 30.2 Å². The highest BCUT2D eigenvalue weighted by Crippen LogP contribution is 2.37. The Morgan fingerprint density at radius 2 is 1.74 bits per heavy atom. The van der Waals surface area contributed by atoms with Crippen LogP contribution in [0, 0.1) is 0 Å². The molecule has 2 saturated heterocycles. The number of aliphatic hydroxyl groups is 4. The van der Waals surface area contributed by atoms with E-state index in [1.807, 2.05) is 0 Å². The summed E-state index contributed by atoms with van der Waals surface area (Å²) >= 11 is 0. The number of imidazole rings is 1. The predicted octanol–water partition coefficient (Wildman–Crippen LogP) is -3.73. The molecule has 0 bridgehead atoms. The fraction of sp³-hybridized carbons (Fsp3) is 0.759. The highest BCUT2D eigenvalue weighted by Gasteiger charge is 2.46. The van der Waals surface area contributed by atoms with Gasteiger partial charge in [-0.25, -0.2) is 19.5 Å². The topological polar surface area (TPSA) is 331 Å². The molecule has 2 aromatic rings. The quantitative estimate of drug-likeness (QED) is 0.0315. The van der Waals surface area contributed by atoms with Crippen LogP contribution in [0.2, 0.25) is 0 Å². The van der Waals surface area contributed by atoms with E-state index in [2.05, 4.69) is 30.1 Å². The molecule has 4 rings (SSSR count). The first-order chi connectivity index (χ1) is 25.3. The summed E-state index contributed by atoms with van der Waals surface area (Å²) in [6, 6.07) is -1.04. The maximum absolute atomic E-state index is 12.2. The highest BCUT2D eigenvalue weighted by atomic mass is 31.2. The van der Waals surface area contributed by atoms with Gasteiger partial charge < -0.3 is 79.6 Å². The smallest absolute Gasteiger partial charge is 0.394 e. The molecule has 2 aliphatic rings. The molecule has 0 aromatic carbocycles. The van der Waals surface area contributed by atoms with Gasteiger partial charge in [0.1, 0.15) is 67.4 Å². The second kappa shape index (κ2) is 20.6. The maximum atomic E-state index is 12.2. The number of phosphoric ester groups is 1. The zero-order chi connectivity index (χ0) is 38.5. The largest absolute Gasteiger partial charge is 0.469 e. The number of fused-ring (bicyclic) bond motifs is 1. The molecule has 0 radical (unpaired) electrons. The molecule has 4 heterocycles. The number of amides is 2. The summed E-state index contributed by atoms with van der Waals surface area (Å²) in [5.74, 6) is -0.495. The number of aliphatic hydroxyl groups excluding tert-OH is 4. The standard InChI is InChI=1S/C29H48N7O16P/c1-16(38)35-21-25(42)23(40)18(11-37)52-29(21)48-6-3-2-4-20(39)31-5-7-46-8-9-47-15-49-26-17(51-19(24(26)41)12-50-53(43,44)45)10-36-14-34-22-27(30)32-13-33-28(22)36/h13-14,17-19,21,23-26,29,37,40-42H,2-12,15H2,1H3,(H,31,39)(H,35,38)(H2,30,32,33)(H2,43,44,45)/t17-,18+,19?,21+,23-,24+,25+,26-,29+/m0/s1. The SMILES string of the molecule is CC(=O)N[C@H]1[C@H](OCCCCC(=O)NCCOCCOCO[C@H]2[C@H](Cn3cnc4c(N)ncnc43)OC(COP(=O)(O)O)[C@H]2O)O[C@H](CO)[C@H](O)[C@@H]1O. The molecular formula is C29H48N7O16P. The van der Waals surface area contributed by atoms with Crippen molar-refractivity contribution in [2.24, 2.45) is 0 Å². The van der Waals surface area contributed by atoms with E-state index < -0.39 is 82.0 Å². The molecule has 2 fully saturated rings. The third-order valence-corrected chi connectivity index (χ3v) is 8.75. The Labute approximate surface area is 303 Å². The summed E-state index contributed by atoms with van der Waals surface area (Å²) < 4.78 is 51.0. The number of rotatable bonds is 22. The number of hydrogen-bond acceptors (Lipinski definition) is 18. The van der Waals surface area contributed by atoms with E-state index in [1.165, 1.54) is 19.6 Å². The fourth-order valence-electron chi connectivity index (χ4n) is 5.66. The molecule has 300 valence electrons. The first kappa shape index (κ1) is 42.7. The normalized spacial score (nSPS) is 27.6. The number of aromatic nitrogens is 4. The van der Waals surface area contributed by atoms with Crippen LogP contribution in [0.4, 0.5) is 5.82 Å². The van der Waals surface area contributed by atoms with Crippen LogP contribution in [-0.2, 0) is 53.6 Å². The van der Waals surface area contributed by atoms with Crippen LogP contribution in [0.5, 0.6) is 0 Å². The van der Waals surface area contributed by atoms with E-state index in [1.54, 1.807) is 4.57 Å². The Bertz CT molecular complexity index is 1500. The molecule has 10 N–H and O–H groups in total. The Morgan fingerprint density at radius 3 is 2.47 bits per heavy atom.